The Labute approximate surface area is 256 Å². The number of rotatable bonds is 9. The monoisotopic (exact) mass is 623 g/mol. The third-order valence-corrected chi connectivity index (χ3v) is 9.11. The molecule has 0 N–H and O–H groups in total. The highest BCUT2D eigenvalue weighted by Crippen LogP contribution is 2.38. The fourth-order valence-electron chi connectivity index (χ4n) is 4.84. The number of nitrogens with zero attached hydrogens (tertiary/aromatic N) is 3. The van der Waals surface area contributed by atoms with Crippen molar-refractivity contribution in [3.8, 4) is 11.5 Å². The number of carbonyl (C=O) groups is 1. The molecule has 1 atom stereocenters. The molecule has 0 saturated heterocycles. The Kier molecular flexibility index (Phi) is 8.96. The predicted molar refractivity (Wildman–Crippen MR) is 166 cm³/mol. The number of halogens is 1. The highest BCUT2D eigenvalue weighted by Gasteiger charge is 2.36. The van der Waals surface area contributed by atoms with Crippen LogP contribution in [0.15, 0.2) is 90.1 Å². The number of hydrogen-bond donors (Lipinski definition) is 0. The van der Waals surface area contributed by atoms with E-state index in [4.69, 9.17) is 30.5 Å². The van der Waals surface area contributed by atoms with Crippen molar-refractivity contribution in [2.45, 2.75) is 36.8 Å². The number of ether oxygens (including phenoxy) is 2. The summed E-state index contributed by atoms with van der Waals surface area (Å²) in [6.07, 6.45) is 1.71. The molecule has 2 aromatic heterocycles. The third-order valence-electron chi connectivity index (χ3n) is 6.94. The van der Waals surface area contributed by atoms with Gasteiger partial charge < -0.3 is 18.8 Å². The minimum Gasteiger partial charge on any atom is -0.497 e. The summed E-state index contributed by atoms with van der Waals surface area (Å²) in [6.45, 7) is 6.70. The number of allylic oxidation sites excluding steroid dienone is 1. The maximum absolute atomic E-state index is 14.1. The maximum Gasteiger partial charge on any atom is 0.271 e. The van der Waals surface area contributed by atoms with E-state index in [1.165, 1.54) is 23.1 Å². The molecule has 218 valence electrons. The number of furan rings is 1. The Balaban J connectivity index is 1.64. The molecular formula is C31H30ClN3O5S2. The topological polar surface area (TPSA) is 86.3 Å². The minimum atomic E-state index is -0.769. The first-order valence-corrected chi connectivity index (χ1v) is 15.4. The number of fused-ring (bicyclic) bond motifs is 1. The molecular weight excluding hydrogens is 594 g/mol. The van der Waals surface area contributed by atoms with Crippen LogP contribution in [0.5, 0.6) is 11.5 Å². The van der Waals surface area contributed by atoms with Gasteiger partial charge in [0.05, 0.1) is 30.0 Å². The van der Waals surface area contributed by atoms with Crippen LogP contribution in [0.1, 0.15) is 38.1 Å². The van der Waals surface area contributed by atoms with E-state index in [1.807, 2.05) is 56.3 Å². The van der Waals surface area contributed by atoms with E-state index in [-0.39, 0.29) is 11.5 Å². The lowest BCUT2D eigenvalue weighted by atomic mass is 9.93. The average molecular weight is 624 g/mol. The third kappa shape index (κ3) is 5.79. The smallest absolute Gasteiger partial charge is 0.271 e. The van der Waals surface area contributed by atoms with Crippen LogP contribution in [0.3, 0.4) is 0 Å². The molecule has 5 rings (SSSR count). The lowest BCUT2D eigenvalue weighted by molar-refractivity contribution is -0.127. The summed E-state index contributed by atoms with van der Waals surface area (Å²) >= 11 is 8.70. The number of hydrogen-bond acceptors (Lipinski definition) is 8. The van der Waals surface area contributed by atoms with Crippen LogP contribution >= 0.6 is 34.7 Å². The lowest BCUT2D eigenvalue weighted by Crippen LogP contribution is -2.43. The Morgan fingerprint density at radius 3 is 2.52 bits per heavy atom. The molecule has 0 aliphatic carbocycles. The van der Waals surface area contributed by atoms with Crippen LogP contribution in [-0.4, -0.2) is 42.7 Å². The lowest BCUT2D eigenvalue weighted by Gasteiger charge is -2.30. The number of likely N-dealkylation sites (N-methyl/N-ethyl adjacent to an activating group) is 1. The van der Waals surface area contributed by atoms with Gasteiger partial charge in [0, 0.05) is 34.6 Å². The average Bonchev–Trinajstić information content (AvgIpc) is 3.56. The molecule has 2 aromatic carbocycles. The molecule has 0 fully saturated rings. The van der Waals surface area contributed by atoms with Gasteiger partial charge in [0.1, 0.15) is 23.3 Å². The fraction of sp³-hybridized carbons (Fsp3) is 0.258. The van der Waals surface area contributed by atoms with Crippen molar-refractivity contribution in [3.63, 3.8) is 0 Å². The second kappa shape index (κ2) is 12.6. The van der Waals surface area contributed by atoms with Gasteiger partial charge in [-0.1, -0.05) is 34.7 Å². The van der Waals surface area contributed by atoms with E-state index in [2.05, 4.69) is 0 Å². The van der Waals surface area contributed by atoms with Crippen molar-refractivity contribution in [2.75, 3.05) is 27.3 Å². The quantitative estimate of drug-likeness (QED) is 0.244. The van der Waals surface area contributed by atoms with Gasteiger partial charge in [0.2, 0.25) is 0 Å². The molecule has 1 aliphatic rings. The standard InChI is InChI=1S/C31H30ClN3O5S2/c1-6-34(7-2)30(37)27-18(3)33-31-35(28(27)23-16-20(38-4)10-14-24(23)39-5)29(36)25(42-31)17-21-11-15-26(40-21)41-22-12-8-19(32)9-13-22/h8-17,28H,6-7H2,1-5H3/b25-17+/t28-/m1/s1. The summed E-state index contributed by atoms with van der Waals surface area (Å²) in [5, 5.41) is 1.34. The van der Waals surface area contributed by atoms with Crippen molar-refractivity contribution >= 4 is 46.7 Å². The van der Waals surface area contributed by atoms with Crippen LogP contribution < -0.4 is 24.4 Å². The van der Waals surface area contributed by atoms with E-state index in [1.54, 1.807) is 48.8 Å². The highest BCUT2D eigenvalue weighted by atomic mass is 35.5. The van der Waals surface area contributed by atoms with Crippen molar-refractivity contribution in [1.82, 2.24) is 9.47 Å². The van der Waals surface area contributed by atoms with Crippen LogP contribution in [0.25, 0.3) is 6.08 Å². The van der Waals surface area contributed by atoms with Crippen molar-refractivity contribution in [1.29, 1.82) is 0 Å². The molecule has 0 unspecified atom stereocenters. The summed E-state index contributed by atoms with van der Waals surface area (Å²) in [5.41, 5.74) is 1.32. The SMILES string of the molecule is CCN(CC)C(=O)C1=C(C)N=c2s/c(=C/c3ccc(Sc4ccc(Cl)cc4)o3)c(=O)n2[C@@H]1c1cc(OC)ccc1OC. The number of thiazole rings is 1. The minimum absolute atomic E-state index is 0.180. The van der Waals surface area contributed by atoms with E-state index in [0.29, 0.717) is 66.6 Å². The zero-order valence-electron chi connectivity index (χ0n) is 23.8. The maximum atomic E-state index is 14.1. The second-order valence-electron chi connectivity index (χ2n) is 9.38. The molecule has 4 aromatic rings. The largest absolute Gasteiger partial charge is 0.497 e. The molecule has 0 spiro atoms. The first kappa shape index (κ1) is 29.8. The molecule has 8 nitrogen and oxygen atoms in total. The number of carbonyl (C=O) groups excluding carboxylic acids is 1. The van der Waals surface area contributed by atoms with E-state index in [0.717, 1.165) is 4.90 Å². The molecule has 3 heterocycles. The molecule has 1 amide bonds. The van der Waals surface area contributed by atoms with Gasteiger partial charge in [-0.05, 0) is 75.4 Å². The summed E-state index contributed by atoms with van der Waals surface area (Å²) in [7, 11) is 3.14. The van der Waals surface area contributed by atoms with E-state index < -0.39 is 6.04 Å². The van der Waals surface area contributed by atoms with Gasteiger partial charge in [-0.15, -0.1) is 0 Å². The van der Waals surface area contributed by atoms with Gasteiger partial charge >= 0.3 is 0 Å². The summed E-state index contributed by atoms with van der Waals surface area (Å²) in [6, 6.07) is 15.8. The molecule has 1 aliphatic heterocycles. The molecule has 11 heteroatoms. The first-order valence-electron chi connectivity index (χ1n) is 13.3. The first-order chi connectivity index (χ1) is 20.3. The Morgan fingerprint density at radius 2 is 1.86 bits per heavy atom. The normalized spacial score (nSPS) is 14.9. The highest BCUT2D eigenvalue weighted by molar-refractivity contribution is 7.99. The van der Waals surface area contributed by atoms with Crippen molar-refractivity contribution in [2.24, 2.45) is 4.99 Å². The van der Waals surface area contributed by atoms with Crippen LogP contribution in [-0.2, 0) is 4.79 Å². The van der Waals surface area contributed by atoms with Crippen molar-refractivity contribution in [3.05, 3.63) is 102 Å². The number of methoxy groups -OCH3 is 2. The van der Waals surface area contributed by atoms with E-state index in [9.17, 15) is 9.59 Å². The number of benzene rings is 2. The van der Waals surface area contributed by atoms with Gasteiger partial charge in [0.25, 0.3) is 11.5 Å². The molecule has 0 radical (unpaired) electrons. The Morgan fingerprint density at radius 1 is 1.12 bits per heavy atom. The Hall–Kier alpha value is -3.73. The summed E-state index contributed by atoms with van der Waals surface area (Å²) in [4.78, 5) is 35.9. The fourth-order valence-corrected chi connectivity index (χ4v) is 6.77. The molecule has 0 saturated carbocycles. The zero-order chi connectivity index (χ0) is 30.0. The predicted octanol–water partition coefficient (Wildman–Crippen LogP) is 5.52. The second-order valence-corrected chi connectivity index (χ2v) is 11.9. The molecule has 42 heavy (non-hydrogen) atoms. The molecule has 0 bridgehead atoms. The summed E-state index contributed by atoms with van der Waals surface area (Å²) < 4.78 is 19.2. The van der Waals surface area contributed by atoms with Gasteiger partial charge in [-0.2, -0.15) is 0 Å². The van der Waals surface area contributed by atoms with Gasteiger partial charge in [-0.25, -0.2) is 4.99 Å². The Bertz CT molecular complexity index is 1830. The van der Waals surface area contributed by atoms with E-state index >= 15 is 0 Å². The van der Waals surface area contributed by atoms with Gasteiger partial charge in [0.15, 0.2) is 9.89 Å². The van der Waals surface area contributed by atoms with Gasteiger partial charge in [-0.3, -0.25) is 14.2 Å². The van der Waals surface area contributed by atoms with Crippen molar-refractivity contribution < 1.29 is 18.7 Å². The van der Waals surface area contributed by atoms with Crippen LogP contribution in [0.2, 0.25) is 5.02 Å². The number of aromatic nitrogens is 1. The zero-order valence-corrected chi connectivity index (χ0v) is 26.2. The van der Waals surface area contributed by atoms with Crippen LogP contribution in [0.4, 0.5) is 0 Å². The number of amides is 1. The van der Waals surface area contributed by atoms with Crippen LogP contribution in [0, 0.1) is 0 Å². The summed E-state index contributed by atoms with van der Waals surface area (Å²) in [5.74, 6) is 1.46.